The van der Waals surface area contributed by atoms with E-state index in [1.807, 2.05) is 18.2 Å². The summed E-state index contributed by atoms with van der Waals surface area (Å²) in [6.07, 6.45) is 0.262. The molecule has 1 aromatic carbocycles. The van der Waals surface area contributed by atoms with Gasteiger partial charge in [-0.2, -0.15) is 0 Å². The molecule has 4 heteroatoms. The van der Waals surface area contributed by atoms with Crippen LogP contribution in [0.25, 0.3) is 0 Å². The number of halogens is 1. The summed E-state index contributed by atoms with van der Waals surface area (Å²) in [5.74, 6) is -0.185. The van der Waals surface area contributed by atoms with Crippen molar-refractivity contribution in [1.82, 2.24) is 0 Å². The third-order valence-electron chi connectivity index (χ3n) is 1.56. The molecule has 0 aromatic heterocycles. The zero-order valence-corrected chi connectivity index (χ0v) is 7.87. The first-order valence-electron chi connectivity index (χ1n) is 3.99. The molecule has 0 aliphatic carbocycles. The number of amides is 1. The van der Waals surface area contributed by atoms with Crippen molar-refractivity contribution in [2.45, 2.75) is 6.42 Å². The van der Waals surface area contributed by atoms with E-state index in [1.165, 1.54) is 0 Å². The van der Waals surface area contributed by atoms with Crippen LogP contribution >= 0.6 is 11.8 Å². The Labute approximate surface area is 82.2 Å². The summed E-state index contributed by atoms with van der Waals surface area (Å²) in [7, 11) is 0. The van der Waals surface area contributed by atoms with Crippen molar-refractivity contribution >= 4 is 23.4 Å². The number of hydrogen-bond donors (Lipinski definition) is 1. The second-order valence-corrected chi connectivity index (χ2v) is 2.89. The summed E-state index contributed by atoms with van der Waals surface area (Å²) < 4.78 is 1.09. The van der Waals surface area contributed by atoms with E-state index in [-0.39, 0.29) is 12.3 Å². The van der Waals surface area contributed by atoms with Crippen LogP contribution in [0.4, 0.5) is 5.69 Å². The molecule has 0 saturated carbocycles. The van der Waals surface area contributed by atoms with Crippen LogP contribution < -0.4 is 10.2 Å². The van der Waals surface area contributed by atoms with Crippen molar-refractivity contribution < 1.29 is 4.79 Å². The smallest absolute Gasteiger partial charge is 0.242 e. The zero-order chi connectivity index (χ0) is 9.68. The molecule has 13 heavy (non-hydrogen) atoms. The normalized spacial score (nSPS) is 9.69. The molecule has 70 valence electrons. The Balaban J connectivity index is 2.68. The van der Waals surface area contributed by atoms with Gasteiger partial charge in [-0.05, 0) is 12.1 Å². The standard InChI is InChI=1S/C9H11ClN2O/c10-12(9(13)6-7-11)8-4-2-1-3-5-8/h1-5H,6-7,11H2. The molecule has 3 nitrogen and oxygen atoms in total. The van der Waals surface area contributed by atoms with Gasteiger partial charge in [-0.3, -0.25) is 4.79 Å². The van der Waals surface area contributed by atoms with Gasteiger partial charge in [-0.1, -0.05) is 18.2 Å². The molecule has 0 aliphatic heterocycles. The maximum Gasteiger partial charge on any atom is 0.242 e. The van der Waals surface area contributed by atoms with Crippen LogP contribution in [0.1, 0.15) is 6.42 Å². The van der Waals surface area contributed by atoms with Gasteiger partial charge in [0.1, 0.15) is 0 Å². The minimum atomic E-state index is -0.185. The van der Waals surface area contributed by atoms with Crippen molar-refractivity contribution in [2.24, 2.45) is 5.73 Å². The van der Waals surface area contributed by atoms with Gasteiger partial charge in [-0.25, -0.2) is 4.42 Å². The summed E-state index contributed by atoms with van der Waals surface area (Å²) in [5, 5.41) is 0. The summed E-state index contributed by atoms with van der Waals surface area (Å²) in [5.41, 5.74) is 5.91. The molecular weight excluding hydrogens is 188 g/mol. The maximum absolute atomic E-state index is 11.3. The molecule has 0 aliphatic rings. The van der Waals surface area contributed by atoms with Crippen molar-refractivity contribution in [3.05, 3.63) is 30.3 Å². The van der Waals surface area contributed by atoms with E-state index < -0.39 is 0 Å². The van der Waals surface area contributed by atoms with Crippen molar-refractivity contribution in [2.75, 3.05) is 11.0 Å². The highest BCUT2D eigenvalue weighted by atomic mass is 35.5. The average molecular weight is 199 g/mol. The van der Waals surface area contributed by atoms with Gasteiger partial charge in [0.25, 0.3) is 0 Å². The van der Waals surface area contributed by atoms with E-state index in [4.69, 9.17) is 17.5 Å². The molecule has 1 aromatic rings. The molecule has 2 N–H and O–H groups in total. The zero-order valence-electron chi connectivity index (χ0n) is 7.11. The van der Waals surface area contributed by atoms with Gasteiger partial charge < -0.3 is 5.73 Å². The monoisotopic (exact) mass is 198 g/mol. The third-order valence-corrected chi connectivity index (χ3v) is 1.94. The van der Waals surface area contributed by atoms with Crippen LogP contribution in [0.15, 0.2) is 30.3 Å². The molecule has 1 rings (SSSR count). The van der Waals surface area contributed by atoms with Crippen LogP contribution in [-0.4, -0.2) is 12.5 Å². The Morgan fingerprint density at radius 1 is 1.38 bits per heavy atom. The highest BCUT2D eigenvalue weighted by molar-refractivity contribution is 6.36. The molecule has 0 spiro atoms. The van der Waals surface area contributed by atoms with Crippen LogP contribution in [0, 0.1) is 0 Å². The SMILES string of the molecule is NCCC(=O)N(Cl)c1ccccc1. The molecule has 0 radical (unpaired) electrons. The van der Waals surface area contributed by atoms with Gasteiger partial charge in [0.2, 0.25) is 5.91 Å². The number of carbonyl (C=O) groups is 1. The first-order chi connectivity index (χ1) is 6.25. The number of benzene rings is 1. The molecule has 1 amide bonds. The Hall–Kier alpha value is -1.06. The van der Waals surface area contributed by atoms with E-state index in [1.54, 1.807) is 12.1 Å². The van der Waals surface area contributed by atoms with Crippen molar-refractivity contribution in [3.63, 3.8) is 0 Å². The second kappa shape index (κ2) is 4.84. The number of carbonyl (C=O) groups excluding carboxylic acids is 1. The van der Waals surface area contributed by atoms with Crippen LogP contribution in [0.5, 0.6) is 0 Å². The van der Waals surface area contributed by atoms with E-state index in [2.05, 4.69) is 0 Å². The first-order valence-corrected chi connectivity index (χ1v) is 4.33. The van der Waals surface area contributed by atoms with E-state index in [9.17, 15) is 4.79 Å². The van der Waals surface area contributed by atoms with Crippen molar-refractivity contribution in [3.8, 4) is 0 Å². The fourth-order valence-corrected chi connectivity index (χ4v) is 1.12. The summed E-state index contributed by atoms with van der Waals surface area (Å²) in [4.78, 5) is 11.3. The number of para-hydroxylation sites is 1. The minimum absolute atomic E-state index is 0.185. The van der Waals surface area contributed by atoms with Crippen molar-refractivity contribution in [1.29, 1.82) is 0 Å². The first kappa shape index (κ1) is 10.0. The maximum atomic E-state index is 11.3. The fourth-order valence-electron chi connectivity index (χ4n) is 0.924. The van der Waals surface area contributed by atoms with E-state index in [0.29, 0.717) is 12.2 Å². The number of nitrogens with two attached hydrogens (primary N) is 1. The number of anilines is 1. The number of hydrogen-bond acceptors (Lipinski definition) is 2. The lowest BCUT2D eigenvalue weighted by Gasteiger charge is -2.12. The molecular formula is C9H11ClN2O. The van der Waals surface area contributed by atoms with Gasteiger partial charge in [0.05, 0.1) is 5.69 Å². The molecule has 0 bridgehead atoms. The van der Waals surface area contributed by atoms with Crippen LogP contribution in [-0.2, 0) is 4.79 Å². The van der Waals surface area contributed by atoms with Crippen LogP contribution in [0.3, 0.4) is 0 Å². The number of nitrogens with zero attached hydrogens (tertiary/aromatic N) is 1. The minimum Gasteiger partial charge on any atom is -0.330 e. The molecule has 0 unspecified atom stereocenters. The number of rotatable bonds is 3. The van der Waals surface area contributed by atoms with E-state index in [0.717, 1.165) is 4.42 Å². The van der Waals surface area contributed by atoms with E-state index >= 15 is 0 Å². The lowest BCUT2D eigenvalue weighted by atomic mass is 10.3. The highest BCUT2D eigenvalue weighted by Crippen LogP contribution is 2.16. The molecule has 0 heterocycles. The van der Waals surface area contributed by atoms with Gasteiger partial charge in [0, 0.05) is 24.7 Å². The summed E-state index contributed by atoms with van der Waals surface area (Å²) >= 11 is 5.76. The Bertz CT molecular complexity index is 276. The Morgan fingerprint density at radius 2 is 2.00 bits per heavy atom. The lowest BCUT2D eigenvalue weighted by Crippen LogP contribution is -2.23. The largest absolute Gasteiger partial charge is 0.330 e. The van der Waals surface area contributed by atoms with Crippen LogP contribution in [0.2, 0.25) is 0 Å². The fraction of sp³-hybridized carbons (Fsp3) is 0.222. The molecule has 0 saturated heterocycles. The predicted octanol–water partition coefficient (Wildman–Crippen LogP) is 1.52. The predicted molar refractivity (Wildman–Crippen MR) is 53.5 cm³/mol. The summed E-state index contributed by atoms with van der Waals surface area (Å²) in [6, 6.07) is 9.03. The molecule has 0 atom stereocenters. The van der Waals surface area contributed by atoms with Gasteiger partial charge in [0.15, 0.2) is 0 Å². The quantitative estimate of drug-likeness (QED) is 0.749. The van der Waals surface area contributed by atoms with Gasteiger partial charge >= 0.3 is 0 Å². The third kappa shape index (κ3) is 2.72. The topological polar surface area (TPSA) is 46.3 Å². The highest BCUT2D eigenvalue weighted by Gasteiger charge is 2.10. The molecule has 0 fully saturated rings. The average Bonchev–Trinajstić information content (AvgIpc) is 2.18. The lowest BCUT2D eigenvalue weighted by molar-refractivity contribution is -0.117. The van der Waals surface area contributed by atoms with Gasteiger partial charge in [-0.15, -0.1) is 0 Å². The Kier molecular flexibility index (Phi) is 3.73. The summed E-state index contributed by atoms with van der Waals surface area (Å²) in [6.45, 7) is 0.314. The Morgan fingerprint density at radius 3 is 2.54 bits per heavy atom. The second-order valence-electron chi connectivity index (χ2n) is 2.55.